The minimum absolute atomic E-state index is 0.101. The van der Waals surface area contributed by atoms with E-state index in [2.05, 4.69) is 49.1 Å². The van der Waals surface area contributed by atoms with Crippen LogP contribution >= 0.6 is 0 Å². The molecule has 1 aromatic rings. The molecule has 76 valence electrons. The van der Waals surface area contributed by atoms with Crippen molar-refractivity contribution in [1.82, 2.24) is 4.90 Å². The summed E-state index contributed by atoms with van der Waals surface area (Å²) in [5, 5.41) is 0. The standard InChI is InChI=1S/C12H17NO/c1-12(2)13(8-9-14-12)10-11-6-4-3-5-7-11/h3-7H,8-10H2,1-2H3. The van der Waals surface area contributed by atoms with Gasteiger partial charge >= 0.3 is 0 Å². The highest BCUT2D eigenvalue weighted by molar-refractivity contribution is 5.14. The molecule has 0 saturated carbocycles. The maximum absolute atomic E-state index is 5.65. The highest BCUT2D eigenvalue weighted by atomic mass is 16.5. The number of ether oxygens (including phenoxy) is 1. The zero-order valence-electron chi connectivity index (χ0n) is 8.86. The molecule has 0 N–H and O–H groups in total. The molecule has 0 amide bonds. The van der Waals surface area contributed by atoms with Crippen molar-refractivity contribution in [2.75, 3.05) is 13.2 Å². The lowest BCUT2D eigenvalue weighted by molar-refractivity contribution is -0.0536. The first-order valence-electron chi connectivity index (χ1n) is 5.11. The van der Waals surface area contributed by atoms with Crippen LogP contribution in [0, 0.1) is 0 Å². The maximum Gasteiger partial charge on any atom is 0.116 e. The third kappa shape index (κ3) is 1.97. The monoisotopic (exact) mass is 191 g/mol. The number of hydrogen-bond donors (Lipinski definition) is 0. The van der Waals surface area contributed by atoms with Crippen LogP contribution in [-0.4, -0.2) is 23.8 Å². The van der Waals surface area contributed by atoms with Gasteiger partial charge in [-0.1, -0.05) is 30.3 Å². The van der Waals surface area contributed by atoms with E-state index in [0.717, 1.165) is 19.7 Å². The Bertz CT molecular complexity index is 294. The average molecular weight is 191 g/mol. The van der Waals surface area contributed by atoms with Crippen LogP contribution in [0.25, 0.3) is 0 Å². The van der Waals surface area contributed by atoms with Gasteiger partial charge < -0.3 is 4.74 Å². The van der Waals surface area contributed by atoms with Gasteiger partial charge in [-0.3, -0.25) is 4.90 Å². The van der Waals surface area contributed by atoms with E-state index in [1.807, 2.05) is 0 Å². The lowest BCUT2D eigenvalue weighted by Crippen LogP contribution is -2.38. The van der Waals surface area contributed by atoms with Crippen LogP contribution in [-0.2, 0) is 11.3 Å². The summed E-state index contributed by atoms with van der Waals surface area (Å²) in [6, 6.07) is 10.5. The topological polar surface area (TPSA) is 12.5 Å². The summed E-state index contributed by atoms with van der Waals surface area (Å²) >= 11 is 0. The van der Waals surface area contributed by atoms with Gasteiger partial charge in [0, 0.05) is 13.1 Å². The van der Waals surface area contributed by atoms with Crippen LogP contribution < -0.4 is 0 Å². The zero-order valence-corrected chi connectivity index (χ0v) is 8.86. The molecule has 0 aliphatic carbocycles. The summed E-state index contributed by atoms with van der Waals surface area (Å²) in [4.78, 5) is 2.36. The Hall–Kier alpha value is -0.860. The Morgan fingerprint density at radius 1 is 1.29 bits per heavy atom. The largest absolute Gasteiger partial charge is 0.360 e. The molecule has 0 spiro atoms. The van der Waals surface area contributed by atoms with Crippen molar-refractivity contribution in [3.8, 4) is 0 Å². The molecule has 1 fully saturated rings. The summed E-state index contributed by atoms with van der Waals surface area (Å²) in [5.41, 5.74) is 1.25. The van der Waals surface area contributed by atoms with Crippen molar-refractivity contribution in [2.45, 2.75) is 26.1 Å². The second-order valence-electron chi connectivity index (χ2n) is 4.20. The lowest BCUT2D eigenvalue weighted by Gasteiger charge is -2.29. The molecule has 2 heteroatoms. The van der Waals surface area contributed by atoms with E-state index in [-0.39, 0.29) is 5.72 Å². The lowest BCUT2D eigenvalue weighted by atomic mass is 10.2. The number of hydrogen-bond acceptors (Lipinski definition) is 2. The molecule has 2 rings (SSSR count). The van der Waals surface area contributed by atoms with E-state index in [1.165, 1.54) is 5.56 Å². The highest BCUT2D eigenvalue weighted by Gasteiger charge is 2.32. The van der Waals surface area contributed by atoms with Crippen molar-refractivity contribution >= 4 is 0 Å². The van der Waals surface area contributed by atoms with Crippen LogP contribution in [0.1, 0.15) is 19.4 Å². The van der Waals surface area contributed by atoms with Gasteiger partial charge in [0.25, 0.3) is 0 Å². The molecule has 0 unspecified atom stereocenters. The second kappa shape index (κ2) is 3.71. The molecule has 1 aliphatic rings. The average Bonchev–Trinajstić information content (AvgIpc) is 2.48. The quantitative estimate of drug-likeness (QED) is 0.711. The smallest absolute Gasteiger partial charge is 0.116 e. The first-order chi connectivity index (χ1) is 6.68. The summed E-state index contributed by atoms with van der Waals surface area (Å²) in [5.74, 6) is 0. The summed E-state index contributed by atoms with van der Waals surface area (Å²) in [6.45, 7) is 7.11. The van der Waals surface area contributed by atoms with Crippen LogP contribution in [0.3, 0.4) is 0 Å². The fraction of sp³-hybridized carbons (Fsp3) is 0.500. The van der Waals surface area contributed by atoms with Crippen molar-refractivity contribution in [3.63, 3.8) is 0 Å². The minimum atomic E-state index is -0.101. The van der Waals surface area contributed by atoms with E-state index < -0.39 is 0 Å². The van der Waals surface area contributed by atoms with E-state index in [0.29, 0.717) is 0 Å². The second-order valence-corrected chi connectivity index (χ2v) is 4.20. The van der Waals surface area contributed by atoms with Crippen LogP contribution in [0.15, 0.2) is 30.3 Å². The van der Waals surface area contributed by atoms with E-state index in [9.17, 15) is 0 Å². The SMILES string of the molecule is CC1(C)OCCN1Cc1ccccc1. The van der Waals surface area contributed by atoms with Crippen molar-refractivity contribution < 1.29 is 4.74 Å². The van der Waals surface area contributed by atoms with E-state index >= 15 is 0 Å². The number of nitrogens with zero attached hydrogens (tertiary/aromatic N) is 1. The first-order valence-corrected chi connectivity index (χ1v) is 5.11. The van der Waals surface area contributed by atoms with Gasteiger partial charge in [-0.25, -0.2) is 0 Å². The summed E-state index contributed by atoms with van der Waals surface area (Å²) in [6.07, 6.45) is 0. The Kier molecular flexibility index (Phi) is 2.57. The molecule has 1 aromatic carbocycles. The Morgan fingerprint density at radius 2 is 2.00 bits per heavy atom. The van der Waals surface area contributed by atoms with Crippen molar-refractivity contribution in [2.24, 2.45) is 0 Å². The molecule has 1 saturated heterocycles. The van der Waals surface area contributed by atoms with E-state index in [4.69, 9.17) is 4.74 Å². The van der Waals surface area contributed by atoms with Crippen molar-refractivity contribution in [1.29, 1.82) is 0 Å². The van der Waals surface area contributed by atoms with Crippen molar-refractivity contribution in [3.05, 3.63) is 35.9 Å². The minimum Gasteiger partial charge on any atom is -0.360 e. The van der Waals surface area contributed by atoms with E-state index in [1.54, 1.807) is 0 Å². The van der Waals surface area contributed by atoms with Gasteiger partial charge in [-0.2, -0.15) is 0 Å². The molecule has 1 aliphatic heterocycles. The van der Waals surface area contributed by atoms with Gasteiger partial charge in [-0.05, 0) is 19.4 Å². The van der Waals surface area contributed by atoms with Gasteiger partial charge in [0.1, 0.15) is 5.72 Å². The Balaban J connectivity index is 2.05. The predicted octanol–water partition coefficient (Wildman–Crippen LogP) is 2.25. The maximum atomic E-state index is 5.65. The van der Waals surface area contributed by atoms with Crippen LogP contribution in [0.5, 0.6) is 0 Å². The molecule has 0 radical (unpaired) electrons. The van der Waals surface area contributed by atoms with Crippen LogP contribution in [0.2, 0.25) is 0 Å². The van der Waals surface area contributed by atoms with Gasteiger partial charge in [-0.15, -0.1) is 0 Å². The first kappa shape index (κ1) is 9.69. The molecule has 0 bridgehead atoms. The molecular formula is C12H17NO. The molecule has 1 heterocycles. The third-order valence-electron chi connectivity index (χ3n) is 2.79. The molecular weight excluding hydrogens is 174 g/mol. The third-order valence-corrected chi connectivity index (χ3v) is 2.79. The van der Waals surface area contributed by atoms with Gasteiger partial charge in [0.05, 0.1) is 6.61 Å². The Labute approximate surface area is 85.5 Å². The number of rotatable bonds is 2. The summed E-state index contributed by atoms with van der Waals surface area (Å²) in [7, 11) is 0. The molecule has 0 atom stereocenters. The fourth-order valence-electron chi connectivity index (χ4n) is 1.84. The van der Waals surface area contributed by atoms with Gasteiger partial charge in [0.2, 0.25) is 0 Å². The zero-order chi connectivity index (χ0) is 10.0. The summed E-state index contributed by atoms with van der Waals surface area (Å²) < 4.78 is 5.65. The normalized spacial score (nSPS) is 21.3. The van der Waals surface area contributed by atoms with Gasteiger partial charge in [0.15, 0.2) is 0 Å². The Morgan fingerprint density at radius 3 is 2.57 bits per heavy atom. The highest BCUT2D eigenvalue weighted by Crippen LogP contribution is 2.23. The molecule has 0 aromatic heterocycles. The predicted molar refractivity (Wildman–Crippen MR) is 56.9 cm³/mol. The number of benzene rings is 1. The van der Waals surface area contributed by atoms with Crippen LogP contribution in [0.4, 0.5) is 0 Å². The molecule has 2 nitrogen and oxygen atoms in total. The molecule has 14 heavy (non-hydrogen) atoms. The fourth-order valence-corrected chi connectivity index (χ4v) is 1.84.